The molecule has 122 valence electrons. The van der Waals surface area contributed by atoms with Crippen molar-refractivity contribution >= 4 is 56.3 Å². The third-order valence-electron chi connectivity index (χ3n) is 3.26. The normalized spacial score (nSPS) is 11.3. The summed E-state index contributed by atoms with van der Waals surface area (Å²) < 4.78 is 20.5. The Hall–Kier alpha value is -1.98. The van der Waals surface area contributed by atoms with Crippen LogP contribution in [0.1, 0.15) is 5.69 Å². The molecule has 0 atom stereocenters. The third-order valence-corrected chi connectivity index (χ3v) is 4.78. The number of hydrogen-bond acceptors (Lipinski definition) is 7. The molecule has 4 rings (SSSR count). The van der Waals surface area contributed by atoms with Crippen molar-refractivity contribution in [3.05, 3.63) is 41.2 Å². The maximum atomic E-state index is 12.6. The monoisotopic (exact) mass is 425 g/mol. The fourth-order valence-electron chi connectivity index (χ4n) is 2.27. The van der Waals surface area contributed by atoms with Gasteiger partial charge < -0.3 is 5.32 Å². The van der Waals surface area contributed by atoms with Gasteiger partial charge in [-0.15, -0.1) is 3.89 Å². The molecule has 0 saturated heterocycles. The van der Waals surface area contributed by atoms with E-state index in [1.807, 2.05) is 17.4 Å². The molecule has 0 spiro atoms. The summed E-state index contributed by atoms with van der Waals surface area (Å²) in [7, 11) is 0. The van der Waals surface area contributed by atoms with Crippen LogP contribution in [0.25, 0.3) is 16.9 Å². The fourth-order valence-corrected chi connectivity index (χ4v) is 3.55. The van der Waals surface area contributed by atoms with Crippen molar-refractivity contribution in [2.75, 3.05) is 5.32 Å². The third kappa shape index (κ3) is 2.78. The number of nitrogens with one attached hydrogen (secondary N) is 1. The van der Waals surface area contributed by atoms with Gasteiger partial charge in [-0.2, -0.15) is 13.6 Å². The summed E-state index contributed by atoms with van der Waals surface area (Å²) in [5, 5.41) is 8.04. The van der Waals surface area contributed by atoms with Gasteiger partial charge in [-0.05, 0) is 40.5 Å². The van der Waals surface area contributed by atoms with Crippen LogP contribution in [-0.2, 0) is 0 Å². The Kier molecular flexibility index (Phi) is 3.98. The molecule has 0 aliphatic heterocycles. The summed E-state index contributed by atoms with van der Waals surface area (Å²) in [6, 6.07) is 1.94. The summed E-state index contributed by atoms with van der Waals surface area (Å²) in [5.41, 5.74) is 3.14. The van der Waals surface area contributed by atoms with E-state index in [2.05, 4.69) is 40.7 Å². The summed E-state index contributed by atoms with van der Waals surface area (Å²) in [6.07, 6.45) is 6.70. The molecule has 0 aliphatic carbocycles. The highest BCUT2D eigenvalue weighted by Gasteiger charge is 2.14. The molecule has 7 nitrogen and oxygen atoms in total. The molecule has 0 bridgehead atoms. The molecule has 11 heteroatoms. The Labute approximate surface area is 152 Å². The largest absolute Gasteiger partial charge is 0.328 e. The molecule has 0 fully saturated rings. The van der Waals surface area contributed by atoms with Crippen LogP contribution in [0.5, 0.6) is 0 Å². The number of anilines is 2. The highest BCUT2D eigenvalue weighted by molar-refractivity contribution is 9.10. The Morgan fingerprint density at radius 1 is 1.33 bits per heavy atom. The number of halogens is 2. The predicted octanol–water partition coefficient (Wildman–Crippen LogP) is 4.24. The van der Waals surface area contributed by atoms with Gasteiger partial charge in [0.1, 0.15) is 9.60 Å². The van der Waals surface area contributed by atoms with Crippen molar-refractivity contribution < 1.29 is 3.89 Å². The van der Waals surface area contributed by atoms with Crippen molar-refractivity contribution in [3.63, 3.8) is 0 Å². The van der Waals surface area contributed by atoms with E-state index in [1.54, 1.807) is 24.8 Å². The first-order valence-corrected chi connectivity index (χ1v) is 8.96. The van der Waals surface area contributed by atoms with Gasteiger partial charge in [0.2, 0.25) is 0 Å². The number of fused-ring (bicyclic) bond motifs is 1. The van der Waals surface area contributed by atoms with E-state index in [9.17, 15) is 3.89 Å². The highest BCUT2D eigenvalue weighted by Crippen LogP contribution is 2.29. The van der Waals surface area contributed by atoms with Gasteiger partial charge in [-0.25, -0.2) is 9.97 Å². The lowest BCUT2D eigenvalue weighted by Gasteiger charge is -2.06. The molecule has 4 aromatic rings. The number of aryl methyl sites for hydroxylation is 1. The Morgan fingerprint density at radius 3 is 2.92 bits per heavy atom. The molecule has 4 aromatic heterocycles. The molecular formula is C13H9BrFN7S2. The van der Waals surface area contributed by atoms with Crippen LogP contribution in [0, 0.1) is 6.92 Å². The molecule has 0 saturated carbocycles. The zero-order valence-corrected chi connectivity index (χ0v) is 15.4. The van der Waals surface area contributed by atoms with Crippen LogP contribution in [-0.4, -0.2) is 27.9 Å². The average Bonchev–Trinajstić information content (AvgIpc) is 3.26. The lowest BCUT2D eigenvalue weighted by Crippen LogP contribution is -1.98. The van der Waals surface area contributed by atoms with Crippen molar-refractivity contribution in [2.45, 2.75) is 6.92 Å². The van der Waals surface area contributed by atoms with Gasteiger partial charge in [0, 0.05) is 18.0 Å². The number of aromatic nitrogens is 6. The highest BCUT2D eigenvalue weighted by atomic mass is 79.9. The summed E-state index contributed by atoms with van der Waals surface area (Å²) in [6.45, 7) is 1.93. The number of hydrogen-bond donors (Lipinski definition) is 1. The maximum Gasteiger partial charge on any atom is 0.187 e. The lowest BCUT2D eigenvalue weighted by atomic mass is 10.3. The van der Waals surface area contributed by atoms with E-state index in [0.717, 1.165) is 26.0 Å². The second-order valence-corrected chi connectivity index (χ2v) is 7.04. The average molecular weight is 426 g/mol. The van der Waals surface area contributed by atoms with E-state index in [1.165, 1.54) is 11.5 Å². The van der Waals surface area contributed by atoms with Crippen LogP contribution >= 0.6 is 39.8 Å². The van der Waals surface area contributed by atoms with E-state index in [0.29, 0.717) is 16.1 Å². The minimum atomic E-state index is 0.0391. The number of imidazole rings is 1. The molecule has 0 unspecified atom stereocenters. The first kappa shape index (κ1) is 15.5. The zero-order valence-electron chi connectivity index (χ0n) is 12.1. The number of rotatable bonds is 4. The molecule has 0 radical (unpaired) electrons. The molecular weight excluding hydrogens is 417 g/mol. The van der Waals surface area contributed by atoms with Crippen molar-refractivity contribution in [1.29, 1.82) is 0 Å². The molecule has 24 heavy (non-hydrogen) atoms. The van der Waals surface area contributed by atoms with Gasteiger partial charge in [0.15, 0.2) is 23.8 Å². The van der Waals surface area contributed by atoms with Gasteiger partial charge in [-0.1, -0.05) is 0 Å². The lowest BCUT2D eigenvalue weighted by molar-refractivity contribution is 0.878. The van der Waals surface area contributed by atoms with E-state index >= 15 is 0 Å². The van der Waals surface area contributed by atoms with E-state index in [-0.39, 0.29) is 12.3 Å². The van der Waals surface area contributed by atoms with Crippen LogP contribution in [0.4, 0.5) is 14.7 Å². The van der Waals surface area contributed by atoms with Crippen LogP contribution in [0.15, 0.2) is 35.5 Å². The molecule has 0 aliphatic rings. The van der Waals surface area contributed by atoms with Gasteiger partial charge in [-0.3, -0.25) is 4.40 Å². The number of nitrogens with zero attached hydrogens (tertiary/aromatic N) is 6. The molecule has 1 N–H and O–H groups in total. The smallest absolute Gasteiger partial charge is 0.187 e. The molecule has 0 aromatic carbocycles. The van der Waals surface area contributed by atoms with E-state index in [4.69, 9.17) is 0 Å². The van der Waals surface area contributed by atoms with Crippen LogP contribution < -0.4 is 5.32 Å². The predicted molar refractivity (Wildman–Crippen MR) is 96.1 cm³/mol. The van der Waals surface area contributed by atoms with Crippen LogP contribution in [0.3, 0.4) is 0 Å². The Morgan fingerprint density at radius 2 is 2.21 bits per heavy atom. The van der Waals surface area contributed by atoms with Crippen molar-refractivity contribution in [3.8, 4) is 11.3 Å². The van der Waals surface area contributed by atoms with Crippen LogP contribution in [0.2, 0.25) is 0 Å². The Bertz CT molecular complexity index is 1020. The van der Waals surface area contributed by atoms with Gasteiger partial charge in [0.05, 0.1) is 23.8 Å². The minimum absolute atomic E-state index is 0.0391. The standard InChI is InChI=1S/C13H9BrFN7S2/c1-7-2-11(23-20-7)19-12-13-16-4-9(21(13)6-10(14)18-12)8-3-17-22(5-8)24-15/h2-6H,1H3,(H,18,19). The molecule has 4 heterocycles. The zero-order chi connectivity index (χ0) is 16.7. The summed E-state index contributed by atoms with van der Waals surface area (Å²) in [4.78, 5) is 8.89. The molecule has 0 amide bonds. The van der Waals surface area contributed by atoms with Gasteiger partial charge >= 0.3 is 0 Å². The maximum absolute atomic E-state index is 12.6. The van der Waals surface area contributed by atoms with Crippen molar-refractivity contribution in [1.82, 2.24) is 27.9 Å². The summed E-state index contributed by atoms with van der Waals surface area (Å²) in [5.74, 6) is 0.603. The van der Waals surface area contributed by atoms with Gasteiger partial charge in [0.25, 0.3) is 0 Å². The quantitative estimate of drug-likeness (QED) is 0.526. The second-order valence-electron chi connectivity index (χ2n) is 4.91. The second kappa shape index (κ2) is 6.15. The first-order valence-electron chi connectivity index (χ1n) is 6.72. The topological polar surface area (TPSA) is 72.9 Å². The van der Waals surface area contributed by atoms with Crippen molar-refractivity contribution in [2.24, 2.45) is 0 Å². The van der Waals surface area contributed by atoms with E-state index < -0.39 is 0 Å². The Balaban J connectivity index is 1.81. The SMILES string of the molecule is Cc1cc(Nc2nc(Br)cn3c(-c4cnn(SF)c4)cnc23)sn1. The minimum Gasteiger partial charge on any atom is -0.328 e. The first-order chi connectivity index (χ1) is 11.6. The fraction of sp³-hybridized carbons (Fsp3) is 0.0769. The summed E-state index contributed by atoms with van der Waals surface area (Å²) >= 11 is 4.81.